The molecule has 1 aliphatic carbocycles. The Morgan fingerprint density at radius 1 is 1.26 bits per heavy atom. The molecule has 0 spiro atoms. The number of carbonyl (C=O) groups excluding carboxylic acids is 1. The van der Waals surface area contributed by atoms with Gasteiger partial charge in [0, 0.05) is 30.0 Å². The highest BCUT2D eigenvalue weighted by Gasteiger charge is 2.19. The first-order valence-corrected chi connectivity index (χ1v) is 13.1. The van der Waals surface area contributed by atoms with Crippen LogP contribution >= 0.6 is 11.3 Å². The SMILES string of the molecule is CCO.N/C(=C(\C=NC1CCCCC1)NC(=O)c1csc(-c2cnn(CC(=O)O)c2)n1)c1nc(F)ccc1F. The van der Waals surface area contributed by atoms with Crippen LogP contribution in [0.2, 0.25) is 0 Å². The number of thiazole rings is 1. The van der Waals surface area contributed by atoms with Gasteiger partial charge in [-0.25, -0.2) is 14.4 Å². The van der Waals surface area contributed by atoms with E-state index in [2.05, 4.69) is 25.4 Å². The summed E-state index contributed by atoms with van der Waals surface area (Å²) in [6, 6.07) is 1.81. The summed E-state index contributed by atoms with van der Waals surface area (Å²) in [4.78, 5) is 36.2. The zero-order valence-electron chi connectivity index (χ0n) is 21.2. The fourth-order valence-corrected chi connectivity index (χ4v) is 4.49. The number of hydrogen-bond donors (Lipinski definition) is 4. The van der Waals surface area contributed by atoms with Crippen molar-refractivity contribution in [3.63, 3.8) is 0 Å². The van der Waals surface area contributed by atoms with E-state index in [9.17, 15) is 18.4 Å². The first-order chi connectivity index (χ1) is 18.7. The average molecular weight is 562 g/mol. The van der Waals surface area contributed by atoms with Gasteiger partial charge in [0.15, 0.2) is 5.82 Å². The molecule has 11 nitrogen and oxygen atoms in total. The van der Waals surface area contributed by atoms with Crippen LogP contribution in [0.1, 0.15) is 55.2 Å². The van der Waals surface area contributed by atoms with E-state index in [1.807, 2.05) is 0 Å². The number of pyridine rings is 1. The minimum absolute atomic E-state index is 0.0219. The van der Waals surface area contributed by atoms with E-state index in [1.54, 1.807) is 6.92 Å². The van der Waals surface area contributed by atoms with Crippen molar-refractivity contribution >= 4 is 35.1 Å². The van der Waals surface area contributed by atoms with Crippen molar-refractivity contribution in [1.82, 2.24) is 25.1 Å². The number of amides is 1. The second-order valence-corrected chi connectivity index (χ2v) is 9.35. The van der Waals surface area contributed by atoms with E-state index in [4.69, 9.17) is 15.9 Å². The number of aliphatic carboxylic acids is 1. The van der Waals surface area contributed by atoms with Crippen LogP contribution in [0.4, 0.5) is 8.78 Å². The number of carboxylic acid groups (broad SMARTS) is 1. The van der Waals surface area contributed by atoms with Gasteiger partial charge in [-0.2, -0.15) is 9.49 Å². The lowest BCUT2D eigenvalue weighted by Gasteiger charge is -2.18. The van der Waals surface area contributed by atoms with Gasteiger partial charge in [-0.1, -0.05) is 19.3 Å². The Hall–Kier alpha value is -4.04. The minimum Gasteiger partial charge on any atom is -0.480 e. The summed E-state index contributed by atoms with van der Waals surface area (Å²) in [6.45, 7) is 1.62. The zero-order valence-corrected chi connectivity index (χ0v) is 22.0. The van der Waals surface area contributed by atoms with E-state index in [0.717, 1.165) is 55.6 Å². The Bertz CT molecular complexity index is 1350. The van der Waals surface area contributed by atoms with Gasteiger partial charge >= 0.3 is 5.97 Å². The number of nitrogens with two attached hydrogens (primary N) is 1. The van der Waals surface area contributed by atoms with Crippen molar-refractivity contribution in [3.05, 3.63) is 58.8 Å². The summed E-state index contributed by atoms with van der Waals surface area (Å²) in [6.07, 6.45) is 9.28. The van der Waals surface area contributed by atoms with Crippen molar-refractivity contribution in [2.45, 2.75) is 51.6 Å². The molecule has 1 amide bonds. The van der Waals surface area contributed by atoms with Gasteiger partial charge in [-0.05, 0) is 31.9 Å². The molecule has 0 aromatic carbocycles. The van der Waals surface area contributed by atoms with Crippen LogP contribution < -0.4 is 11.1 Å². The molecule has 0 unspecified atom stereocenters. The topological polar surface area (TPSA) is 169 Å². The molecule has 0 saturated heterocycles. The number of nitrogens with one attached hydrogen (secondary N) is 1. The molecule has 1 fully saturated rings. The fourth-order valence-electron chi connectivity index (χ4n) is 3.71. The number of carboxylic acids is 1. The molecule has 1 saturated carbocycles. The Morgan fingerprint density at radius 3 is 2.67 bits per heavy atom. The molecule has 1 aliphatic rings. The molecule has 0 bridgehead atoms. The lowest BCUT2D eigenvalue weighted by Crippen LogP contribution is -2.27. The predicted octanol–water partition coefficient (Wildman–Crippen LogP) is 3.22. The summed E-state index contributed by atoms with van der Waals surface area (Å²) < 4.78 is 29.3. The van der Waals surface area contributed by atoms with Crippen LogP contribution in [0, 0.1) is 11.8 Å². The van der Waals surface area contributed by atoms with Crippen LogP contribution in [0.15, 0.2) is 40.6 Å². The maximum absolute atomic E-state index is 14.4. The largest absolute Gasteiger partial charge is 0.480 e. The quantitative estimate of drug-likeness (QED) is 0.240. The Kier molecular flexibility index (Phi) is 10.8. The molecule has 14 heteroatoms. The van der Waals surface area contributed by atoms with Crippen LogP contribution in [0.25, 0.3) is 16.3 Å². The van der Waals surface area contributed by atoms with Gasteiger partial charge < -0.3 is 21.3 Å². The first kappa shape index (κ1) is 29.5. The van der Waals surface area contributed by atoms with Crippen molar-refractivity contribution in [2.24, 2.45) is 10.7 Å². The number of hydrogen-bond acceptors (Lipinski definition) is 9. The van der Waals surface area contributed by atoms with E-state index < -0.39 is 29.3 Å². The lowest BCUT2D eigenvalue weighted by atomic mass is 9.96. The number of nitrogens with zero attached hydrogens (tertiary/aromatic N) is 5. The number of rotatable bonds is 8. The highest BCUT2D eigenvalue weighted by atomic mass is 32.1. The number of aliphatic hydroxyl groups excluding tert-OH is 1. The van der Waals surface area contributed by atoms with Crippen molar-refractivity contribution in [1.29, 1.82) is 0 Å². The molecule has 3 heterocycles. The molecule has 5 N–H and O–H groups in total. The summed E-state index contributed by atoms with van der Waals surface area (Å²) in [5.74, 6) is -3.45. The highest BCUT2D eigenvalue weighted by Crippen LogP contribution is 2.24. The molecule has 0 radical (unpaired) electrons. The van der Waals surface area contributed by atoms with Gasteiger partial charge in [-0.15, -0.1) is 11.3 Å². The molecule has 208 valence electrons. The number of aliphatic hydroxyl groups is 1. The number of carbonyl (C=O) groups is 2. The van der Waals surface area contributed by atoms with Gasteiger partial charge in [0.1, 0.15) is 22.9 Å². The van der Waals surface area contributed by atoms with Crippen molar-refractivity contribution in [3.8, 4) is 10.6 Å². The molecule has 3 aromatic heterocycles. The van der Waals surface area contributed by atoms with Crippen LogP contribution in [0.3, 0.4) is 0 Å². The summed E-state index contributed by atoms with van der Waals surface area (Å²) in [7, 11) is 0. The zero-order chi connectivity index (χ0) is 28.4. The van der Waals surface area contributed by atoms with Crippen molar-refractivity contribution in [2.75, 3.05) is 6.61 Å². The van der Waals surface area contributed by atoms with Gasteiger partial charge in [0.25, 0.3) is 5.91 Å². The third-order valence-electron chi connectivity index (χ3n) is 5.51. The summed E-state index contributed by atoms with van der Waals surface area (Å²) >= 11 is 1.16. The average Bonchev–Trinajstić information content (AvgIpc) is 3.58. The molecule has 0 atom stereocenters. The fraction of sp³-hybridized carbons (Fsp3) is 0.360. The minimum atomic E-state index is -1.04. The number of halogens is 2. The second-order valence-electron chi connectivity index (χ2n) is 8.49. The third-order valence-corrected chi connectivity index (χ3v) is 6.40. The lowest BCUT2D eigenvalue weighted by molar-refractivity contribution is -0.137. The van der Waals surface area contributed by atoms with Crippen LogP contribution in [-0.4, -0.2) is 60.7 Å². The van der Waals surface area contributed by atoms with E-state index in [1.165, 1.54) is 28.7 Å². The third kappa shape index (κ3) is 8.48. The maximum Gasteiger partial charge on any atom is 0.325 e. The molecular weight excluding hydrogens is 532 g/mol. The van der Waals surface area contributed by atoms with Gasteiger partial charge in [0.2, 0.25) is 5.95 Å². The standard InChI is InChI=1S/C23H23F2N7O3S.C2H6O/c24-15-6-7-18(25)31-21(15)20(26)16(9-27-14-4-2-1-3-5-14)29-22(35)17-12-36-23(30-17)13-8-28-32(10-13)11-19(33)34;1-2-3/h6-10,12,14H,1-5,11,26H2,(H,29,35)(H,33,34);3H,2H2,1H3/b20-16+,27-9?;. The van der Waals surface area contributed by atoms with E-state index in [0.29, 0.717) is 10.6 Å². The monoisotopic (exact) mass is 561 g/mol. The molecule has 0 aliphatic heterocycles. The number of aromatic nitrogens is 4. The van der Waals surface area contributed by atoms with Crippen LogP contribution in [-0.2, 0) is 11.3 Å². The van der Waals surface area contributed by atoms with E-state index >= 15 is 0 Å². The summed E-state index contributed by atoms with van der Waals surface area (Å²) in [5, 5.41) is 25.0. The summed E-state index contributed by atoms with van der Waals surface area (Å²) in [5.41, 5.74) is 5.97. The smallest absolute Gasteiger partial charge is 0.325 e. The number of allylic oxidation sites excluding steroid dienone is 1. The Labute approximate surface area is 227 Å². The molecule has 3 aromatic rings. The van der Waals surface area contributed by atoms with E-state index in [-0.39, 0.29) is 36.3 Å². The Balaban J connectivity index is 0.00000134. The van der Waals surface area contributed by atoms with Gasteiger partial charge in [-0.3, -0.25) is 19.3 Å². The first-order valence-electron chi connectivity index (χ1n) is 12.2. The van der Waals surface area contributed by atoms with Gasteiger partial charge in [0.05, 0.1) is 23.6 Å². The Morgan fingerprint density at radius 2 is 1.97 bits per heavy atom. The highest BCUT2D eigenvalue weighted by molar-refractivity contribution is 7.13. The molecular formula is C25H29F2N7O4S. The maximum atomic E-state index is 14.4. The molecule has 39 heavy (non-hydrogen) atoms. The molecule has 4 rings (SSSR count). The van der Waals surface area contributed by atoms with Crippen molar-refractivity contribution < 1.29 is 28.6 Å². The second kappa shape index (κ2) is 14.2. The number of aliphatic imine (C=N–C) groups is 1. The normalized spacial score (nSPS) is 14.5. The van der Waals surface area contributed by atoms with Crippen LogP contribution in [0.5, 0.6) is 0 Å². The predicted molar refractivity (Wildman–Crippen MR) is 142 cm³/mol.